The lowest BCUT2D eigenvalue weighted by molar-refractivity contribution is -0.156. The van der Waals surface area contributed by atoms with Crippen LogP contribution in [0.2, 0.25) is 0 Å². The van der Waals surface area contributed by atoms with Crippen molar-refractivity contribution in [3.8, 4) is 5.75 Å². The molecule has 0 bridgehead atoms. The predicted octanol–water partition coefficient (Wildman–Crippen LogP) is 2.30. The lowest BCUT2D eigenvalue weighted by Crippen LogP contribution is -2.53. The van der Waals surface area contributed by atoms with Crippen LogP contribution in [0.4, 0.5) is 4.39 Å². The van der Waals surface area contributed by atoms with Crippen molar-refractivity contribution < 1.29 is 23.8 Å². The first-order chi connectivity index (χ1) is 10.4. The van der Waals surface area contributed by atoms with E-state index < -0.39 is 23.9 Å². The zero-order valence-electron chi connectivity index (χ0n) is 12.7. The Bertz CT molecular complexity index is 563. The highest BCUT2D eigenvalue weighted by molar-refractivity contribution is 5.86. The van der Waals surface area contributed by atoms with Crippen molar-refractivity contribution >= 4 is 11.9 Å². The van der Waals surface area contributed by atoms with Gasteiger partial charge in [-0.2, -0.15) is 0 Å². The number of benzene rings is 1. The van der Waals surface area contributed by atoms with Gasteiger partial charge in [-0.25, -0.2) is 9.18 Å². The fourth-order valence-electron chi connectivity index (χ4n) is 2.67. The van der Waals surface area contributed by atoms with Crippen molar-refractivity contribution in [2.24, 2.45) is 5.92 Å². The minimum atomic E-state index is -1.00. The average Bonchev–Trinajstić information content (AvgIpc) is 2.46. The number of carbonyl (C=O) groups is 2. The summed E-state index contributed by atoms with van der Waals surface area (Å²) in [4.78, 5) is 25.2. The molecular formula is C16H20FNO4. The van der Waals surface area contributed by atoms with Gasteiger partial charge in [0.2, 0.25) is 0 Å². The Morgan fingerprint density at radius 1 is 1.45 bits per heavy atom. The van der Waals surface area contributed by atoms with Crippen LogP contribution in [-0.4, -0.2) is 40.6 Å². The maximum absolute atomic E-state index is 13.1. The van der Waals surface area contributed by atoms with Crippen LogP contribution in [0, 0.1) is 11.7 Å². The highest BCUT2D eigenvalue weighted by Crippen LogP contribution is 2.24. The van der Waals surface area contributed by atoms with Gasteiger partial charge in [-0.3, -0.25) is 4.79 Å². The zero-order valence-corrected chi connectivity index (χ0v) is 12.7. The molecule has 1 amide bonds. The van der Waals surface area contributed by atoms with Crippen LogP contribution >= 0.6 is 0 Å². The minimum Gasteiger partial charge on any atom is -0.481 e. The summed E-state index contributed by atoms with van der Waals surface area (Å²) in [5.41, 5.74) is 0. The van der Waals surface area contributed by atoms with Gasteiger partial charge in [0.15, 0.2) is 6.10 Å². The van der Waals surface area contributed by atoms with Crippen LogP contribution in [0.15, 0.2) is 24.3 Å². The largest absolute Gasteiger partial charge is 0.481 e. The van der Waals surface area contributed by atoms with Crippen LogP contribution in [-0.2, 0) is 9.59 Å². The number of hydrogen-bond acceptors (Lipinski definition) is 3. The second-order valence-electron chi connectivity index (χ2n) is 5.73. The van der Waals surface area contributed by atoms with Crippen molar-refractivity contribution in [3.63, 3.8) is 0 Å². The Morgan fingerprint density at radius 2 is 2.18 bits per heavy atom. The zero-order chi connectivity index (χ0) is 16.3. The third-order valence-corrected chi connectivity index (χ3v) is 3.89. The highest BCUT2D eigenvalue weighted by Gasteiger charge is 2.37. The summed E-state index contributed by atoms with van der Waals surface area (Å²) in [5, 5.41) is 9.30. The standard InChI is InChI=1S/C16H20FNO4/c1-10-6-7-18(14(8-10)16(20)21)15(19)11(2)22-13-5-3-4-12(17)9-13/h3-5,9-11,14H,6-8H2,1-2H3,(H,20,21). The number of amides is 1. The van der Waals surface area contributed by atoms with E-state index in [0.29, 0.717) is 13.0 Å². The summed E-state index contributed by atoms with van der Waals surface area (Å²) < 4.78 is 18.6. The van der Waals surface area contributed by atoms with E-state index in [1.165, 1.54) is 23.1 Å². The first kappa shape index (κ1) is 16.3. The summed E-state index contributed by atoms with van der Waals surface area (Å²) in [7, 11) is 0. The van der Waals surface area contributed by atoms with Crippen LogP contribution in [0.5, 0.6) is 5.75 Å². The van der Waals surface area contributed by atoms with Crippen molar-refractivity contribution in [1.82, 2.24) is 4.90 Å². The molecule has 5 nitrogen and oxygen atoms in total. The Morgan fingerprint density at radius 3 is 2.82 bits per heavy atom. The third kappa shape index (κ3) is 3.75. The van der Waals surface area contributed by atoms with E-state index >= 15 is 0 Å². The number of aliphatic carboxylic acids is 1. The Labute approximate surface area is 128 Å². The maximum Gasteiger partial charge on any atom is 0.326 e. The van der Waals surface area contributed by atoms with Crippen LogP contribution in [0.25, 0.3) is 0 Å². The highest BCUT2D eigenvalue weighted by atomic mass is 19.1. The van der Waals surface area contributed by atoms with Gasteiger partial charge in [0.05, 0.1) is 0 Å². The number of piperidine rings is 1. The third-order valence-electron chi connectivity index (χ3n) is 3.89. The van der Waals surface area contributed by atoms with E-state index in [0.717, 1.165) is 6.42 Å². The number of carboxylic acids is 1. The van der Waals surface area contributed by atoms with E-state index in [4.69, 9.17) is 4.74 Å². The smallest absolute Gasteiger partial charge is 0.326 e. The van der Waals surface area contributed by atoms with Crippen molar-refractivity contribution in [1.29, 1.82) is 0 Å². The molecule has 22 heavy (non-hydrogen) atoms. The van der Waals surface area contributed by atoms with Crippen molar-refractivity contribution in [3.05, 3.63) is 30.1 Å². The van der Waals surface area contributed by atoms with Gasteiger partial charge in [-0.05, 0) is 37.8 Å². The molecule has 120 valence electrons. The van der Waals surface area contributed by atoms with Gasteiger partial charge in [0.1, 0.15) is 17.6 Å². The molecule has 0 radical (unpaired) electrons. The summed E-state index contributed by atoms with van der Waals surface area (Å²) in [5.74, 6) is -1.32. The molecule has 3 atom stereocenters. The molecule has 1 fully saturated rings. The van der Waals surface area contributed by atoms with Gasteiger partial charge in [0.25, 0.3) is 5.91 Å². The van der Waals surface area contributed by atoms with Gasteiger partial charge in [0, 0.05) is 12.6 Å². The van der Waals surface area contributed by atoms with E-state index in [9.17, 15) is 19.1 Å². The lowest BCUT2D eigenvalue weighted by atomic mass is 9.92. The van der Waals surface area contributed by atoms with Gasteiger partial charge < -0.3 is 14.7 Å². The molecule has 6 heteroatoms. The molecule has 3 unspecified atom stereocenters. The quantitative estimate of drug-likeness (QED) is 0.927. The molecule has 1 aliphatic rings. The number of ether oxygens (including phenoxy) is 1. The first-order valence-corrected chi connectivity index (χ1v) is 7.34. The number of hydrogen-bond donors (Lipinski definition) is 1. The fourth-order valence-corrected chi connectivity index (χ4v) is 2.67. The first-order valence-electron chi connectivity index (χ1n) is 7.34. The molecule has 1 aromatic carbocycles. The molecule has 2 rings (SSSR count). The van der Waals surface area contributed by atoms with Gasteiger partial charge in [-0.15, -0.1) is 0 Å². The Kier molecular flexibility index (Phi) is 5.00. The lowest BCUT2D eigenvalue weighted by Gasteiger charge is -2.37. The molecule has 0 aromatic heterocycles. The van der Waals surface area contributed by atoms with E-state index in [1.807, 2.05) is 6.92 Å². The average molecular weight is 309 g/mol. The molecule has 1 saturated heterocycles. The monoisotopic (exact) mass is 309 g/mol. The molecule has 1 N–H and O–H groups in total. The molecule has 1 heterocycles. The van der Waals surface area contributed by atoms with Crippen LogP contribution in [0.3, 0.4) is 0 Å². The number of halogens is 1. The Balaban J connectivity index is 2.07. The molecule has 0 aliphatic carbocycles. The predicted molar refractivity (Wildman–Crippen MR) is 78.0 cm³/mol. The Hall–Kier alpha value is -2.11. The second-order valence-corrected chi connectivity index (χ2v) is 5.73. The fraction of sp³-hybridized carbons (Fsp3) is 0.500. The normalized spacial score (nSPS) is 23.0. The summed E-state index contributed by atoms with van der Waals surface area (Å²) >= 11 is 0. The van der Waals surface area contributed by atoms with E-state index in [-0.39, 0.29) is 17.6 Å². The number of nitrogens with zero attached hydrogens (tertiary/aromatic N) is 1. The number of carbonyl (C=O) groups excluding carboxylic acids is 1. The molecule has 0 spiro atoms. The summed E-state index contributed by atoms with van der Waals surface area (Å²) in [6.45, 7) is 3.92. The van der Waals surface area contributed by atoms with Crippen LogP contribution < -0.4 is 4.74 Å². The molecule has 1 aromatic rings. The topological polar surface area (TPSA) is 66.8 Å². The van der Waals surface area contributed by atoms with E-state index in [2.05, 4.69) is 0 Å². The minimum absolute atomic E-state index is 0.248. The summed E-state index contributed by atoms with van der Waals surface area (Å²) in [6.07, 6.45) is 0.340. The van der Waals surface area contributed by atoms with E-state index in [1.54, 1.807) is 13.0 Å². The SMILES string of the molecule is CC1CCN(C(=O)C(C)Oc2cccc(F)c2)C(C(=O)O)C1. The molecule has 0 saturated carbocycles. The van der Waals surface area contributed by atoms with Crippen molar-refractivity contribution in [2.75, 3.05) is 6.54 Å². The second kappa shape index (κ2) is 6.77. The van der Waals surface area contributed by atoms with Crippen molar-refractivity contribution in [2.45, 2.75) is 38.8 Å². The summed E-state index contributed by atoms with van der Waals surface area (Å²) in [6, 6.07) is 4.70. The molecular weight excluding hydrogens is 289 g/mol. The number of carboxylic acid groups (broad SMARTS) is 1. The van der Waals surface area contributed by atoms with Gasteiger partial charge >= 0.3 is 5.97 Å². The maximum atomic E-state index is 13.1. The van der Waals surface area contributed by atoms with Gasteiger partial charge in [-0.1, -0.05) is 13.0 Å². The number of likely N-dealkylation sites (tertiary alicyclic amines) is 1. The van der Waals surface area contributed by atoms with Crippen LogP contribution in [0.1, 0.15) is 26.7 Å². The molecule has 1 aliphatic heterocycles. The number of rotatable bonds is 4.